The van der Waals surface area contributed by atoms with Crippen LogP contribution >= 0.6 is 0 Å². The normalized spacial score (nSPS) is 15.2. The van der Waals surface area contributed by atoms with E-state index in [9.17, 15) is 0 Å². The van der Waals surface area contributed by atoms with Gasteiger partial charge < -0.3 is 10.1 Å². The van der Waals surface area contributed by atoms with Gasteiger partial charge in [-0.3, -0.25) is 0 Å². The highest BCUT2D eigenvalue weighted by atomic mass is 16.5. The Hall–Kier alpha value is -1.16. The SMILES string of the molecule is COc1nc(C(C)C)nc2c1CNCC2. The number of methoxy groups -OCH3 is 1. The van der Waals surface area contributed by atoms with Crippen molar-refractivity contribution >= 4 is 0 Å². The topological polar surface area (TPSA) is 47.0 Å². The Labute approximate surface area is 90.1 Å². The lowest BCUT2D eigenvalue weighted by Crippen LogP contribution is -2.26. The summed E-state index contributed by atoms with van der Waals surface area (Å²) >= 11 is 0. The highest BCUT2D eigenvalue weighted by molar-refractivity contribution is 5.33. The molecule has 82 valence electrons. The second kappa shape index (κ2) is 4.14. The average molecular weight is 207 g/mol. The Morgan fingerprint density at radius 3 is 2.80 bits per heavy atom. The maximum atomic E-state index is 5.31. The summed E-state index contributed by atoms with van der Waals surface area (Å²) in [6, 6.07) is 0. The fourth-order valence-electron chi connectivity index (χ4n) is 1.76. The van der Waals surface area contributed by atoms with Crippen molar-refractivity contribution in [2.75, 3.05) is 13.7 Å². The number of ether oxygens (including phenoxy) is 1. The summed E-state index contributed by atoms with van der Waals surface area (Å²) in [4.78, 5) is 9.02. The van der Waals surface area contributed by atoms with E-state index in [0.717, 1.165) is 42.5 Å². The summed E-state index contributed by atoms with van der Waals surface area (Å²) in [6.45, 7) is 6.01. The Morgan fingerprint density at radius 1 is 1.33 bits per heavy atom. The van der Waals surface area contributed by atoms with E-state index in [2.05, 4.69) is 29.1 Å². The number of rotatable bonds is 2. The van der Waals surface area contributed by atoms with Gasteiger partial charge in [-0.2, -0.15) is 4.98 Å². The maximum Gasteiger partial charge on any atom is 0.221 e. The average Bonchev–Trinajstić information content (AvgIpc) is 2.27. The second-order valence-corrected chi connectivity index (χ2v) is 4.10. The maximum absolute atomic E-state index is 5.31. The third-order valence-corrected chi connectivity index (χ3v) is 2.62. The molecule has 0 saturated carbocycles. The first-order valence-electron chi connectivity index (χ1n) is 5.36. The van der Waals surface area contributed by atoms with Gasteiger partial charge in [0.2, 0.25) is 5.88 Å². The van der Waals surface area contributed by atoms with Gasteiger partial charge in [0, 0.05) is 31.0 Å². The Morgan fingerprint density at radius 2 is 2.13 bits per heavy atom. The van der Waals surface area contributed by atoms with Gasteiger partial charge >= 0.3 is 0 Å². The van der Waals surface area contributed by atoms with Crippen molar-refractivity contribution in [2.24, 2.45) is 0 Å². The van der Waals surface area contributed by atoms with Crippen molar-refractivity contribution in [3.8, 4) is 5.88 Å². The van der Waals surface area contributed by atoms with Gasteiger partial charge in [0.25, 0.3) is 0 Å². The third-order valence-electron chi connectivity index (χ3n) is 2.62. The van der Waals surface area contributed by atoms with Gasteiger partial charge in [0.1, 0.15) is 5.82 Å². The lowest BCUT2D eigenvalue weighted by atomic mass is 10.1. The van der Waals surface area contributed by atoms with Crippen LogP contribution in [0, 0.1) is 0 Å². The fraction of sp³-hybridized carbons (Fsp3) is 0.636. The monoisotopic (exact) mass is 207 g/mol. The van der Waals surface area contributed by atoms with E-state index >= 15 is 0 Å². The minimum absolute atomic E-state index is 0.346. The molecule has 0 aromatic carbocycles. The molecule has 0 radical (unpaired) electrons. The van der Waals surface area contributed by atoms with Gasteiger partial charge in [-0.15, -0.1) is 0 Å². The number of nitrogens with one attached hydrogen (secondary N) is 1. The van der Waals surface area contributed by atoms with Gasteiger partial charge in [0.15, 0.2) is 0 Å². The summed E-state index contributed by atoms with van der Waals surface area (Å²) < 4.78 is 5.31. The van der Waals surface area contributed by atoms with E-state index < -0.39 is 0 Å². The predicted octanol–water partition coefficient (Wildman–Crippen LogP) is 1.25. The lowest BCUT2D eigenvalue weighted by molar-refractivity contribution is 0.381. The Bertz CT molecular complexity index is 346. The highest BCUT2D eigenvalue weighted by Crippen LogP contribution is 2.23. The fourth-order valence-corrected chi connectivity index (χ4v) is 1.76. The Kier molecular flexibility index (Phi) is 2.86. The molecule has 0 atom stereocenters. The van der Waals surface area contributed by atoms with Gasteiger partial charge in [-0.05, 0) is 0 Å². The van der Waals surface area contributed by atoms with Crippen molar-refractivity contribution in [3.63, 3.8) is 0 Å². The van der Waals surface area contributed by atoms with Gasteiger partial charge in [-0.25, -0.2) is 4.98 Å². The summed E-state index contributed by atoms with van der Waals surface area (Å²) in [5.74, 6) is 1.96. The van der Waals surface area contributed by atoms with Crippen LogP contribution in [-0.4, -0.2) is 23.6 Å². The molecule has 1 aromatic rings. The molecule has 4 nitrogen and oxygen atoms in total. The molecule has 1 aromatic heterocycles. The smallest absolute Gasteiger partial charge is 0.221 e. The summed E-state index contributed by atoms with van der Waals surface area (Å²) in [5.41, 5.74) is 2.26. The molecule has 1 aliphatic heterocycles. The molecule has 0 saturated heterocycles. The summed E-state index contributed by atoms with van der Waals surface area (Å²) in [7, 11) is 1.67. The summed E-state index contributed by atoms with van der Waals surface area (Å²) in [5, 5.41) is 3.30. The van der Waals surface area contributed by atoms with Crippen LogP contribution in [-0.2, 0) is 13.0 Å². The molecule has 2 rings (SSSR count). The number of nitrogens with zero attached hydrogens (tertiary/aromatic N) is 2. The predicted molar refractivity (Wildman–Crippen MR) is 58.1 cm³/mol. The highest BCUT2D eigenvalue weighted by Gasteiger charge is 2.18. The molecule has 0 spiro atoms. The molecule has 0 amide bonds. The minimum Gasteiger partial charge on any atom is -0.481 e. The molecule has 2 heterocycles. The molecule has 15 heavy (non-hydrogen) atoms. The van der Waals surface area contributed by atoms with Crippen molar-refractivity contribution in [1.82, 2.24) is 15.3 Å². The molecular weight excluding hydrogens is 190 g/mol. The first kappa shape index (κ1) is 10.4. The van der Waals surface area contributed by atoms with Gasteiger partial charge in [0.05, 0.1) is 12.8 Å². The number of fused-ring (bicyclic) bond motifs is 1. The second-order valence-electron chi connectivity index (χ2n) is 4.10. The molecule has 0 aliphatic carbocycles. The van der Waals surface area contributed by atoms with E-state index in [1.807, 2.05) is 0 Å². The van der Waals surface area contributed by atoms with Crippen LogP contribution < -0.4 is 10.1 Å². The van der Waals surface area contributed by atoms with Crippen LogP contribution in [0.15, 0.2) is 0 Å². The third kappa shape index (κ3) is 1.95. The van der Waals surface area contributed by atoms with Crippen LogP contribution in [0.2, 0.25) is 0 Å². The molecule has 0 bridgehead atoms. The van der Waals surface area contributed by atoms with Crippen molar-refractivity contribution in [1.29, 1.82) is 0 Å². The zero-order valence-corrected chi connectivity index (χ0v) is 9.50. The first-order chi connectivity index (χ1) is 7.22. The van der Waals surface area contributed by atoms with Crippen LogP contribution in [0.4, 0.5) is 0 Å². The summed E-state index contributed by atoms with van der Waals surface area (Å²) in [6.07, 6.45) is 0.966. The minimum atomic E-state index is 0.346. The van der Waals surface area contributed by atoms with E-state index in [0.29, 0.717) is 5.92 Å². The standard InChI is InChI=1S/C11H17N3O/c1-7(2)10-13-9-4-5-12-6-8(9)11(14-10)15-3/h7,12H,4-6H2,1-3H3. The quantitative estimate of drug-likeness (QED) is 0.793. The van der Waals surface area contributed by atoms with E-state index in [1.54, 1.807) is 7.11 Å². The van der Waals surface area contributed by atoms with Crippen molar-refractivity contribution in [3.05, 3.63) is 17.1 Å². The van der Waals surface area contributed by atoms with E-state index in [1.165, 1.54) is 0 Å². The van der Waals surface area contributed by atoms with Crippen LogP contribution in [0.5, 0.6) is 5.88 Å². The Balaban J connectivity index is 2.48. The molecule has 0 fully saturated rings. The molecule has 1 N–H and O–H groups in total. The molecule has 0 unspecified atom stereocenters. The van der Waals surface area contributed by atoms with Crippen molar-refractivity contribution < 1.29 is 4.74 Å². The number of aromatic nitrogens is 2. The zero-order valence-electron chi connectivity index (χ0n) is 9.50. The number of hydrogen-bond donors (Lipinski definition) is 1. The largest absolute Gasteiger partial charge is 0.481 e. The molecule has 4 heteroatoms. The van der Waals surface area contributed by atoms with E-state index in [4.69, 9.17) is 4.74 Å². The lowest BCUT2D eigenvalue weighted by Gasteiger charge is -2.19. The van der Waals surface area contributed by atoms with Gasteiger partial charge in [-0.1, -0.05) is 13.8 Å². The molecular formula is C11H17N3O. The van der Waals surface area contributed by atoms with Crippen molar-refractivity contribution in [2.45, 2.75) is 32.7 Å². The first-order valence-corrected chi connectivity index (χ1v) is 5.36. The zero-order chi connectivity index (χ0) is 10.8. The van der Waals surface area contributed by atoms with Crippen LogP contribution in [0.3, 0.4) is 0 Å². The molecule has 1 aliphatic rings. The van der Waals surface area contributed by atoms with Crippen LogP contribution in [0.25, 0.3) is 0 Å². The van der Waals surface area contributed by atoms with E-state index in [-0.39, 0.29) is 0 Å². The number of hydrogen-bond acceptors (Lipinski definition) is 4. The van der Waals surface area contributed by atoms with Crippen LogP contribution in [0.1, 0.15) is 36.8 Å².